The molecule has 0 fully saturated rings. The van der Waals surface area contributed by atoms with Crippen LogP contribution in [0.1, 0.15) is 42.4 Å². The molecule has 1 unspecified atom stereocenters. The molecule has 5 atom stereocenters. The highest BCUT2D eigenvalue weighted by Gasteiger charge is 2.33. The van der Waals surface area contributed by atoms with Crippen molar-refractivity contribution < 1.29 is 33.9 Å². The van der Waals surface area contributed by atoms with Gasteiger partial charge in [0.1, 0.15) is 24.2 Å². The number of hydrogen-bond acceptors (Lipinski definition) is 7. The van der Waals surface area contributed by atoms with Crippen molar-refractivity contribution in [1.82, 2.24) is 21.3 Å². The first-order valence-electron chi connectivity index (χ1n) is 18.9. The van der Waals surface area contributed by atoms with Gasteiger partial charge in [0.25, 0.3) is 0 Å². The van der Waals surface area contributed by atoms with Crippen molar-refractivity contribution in [2.24, 2.45) is 0 Å². The van der Waals surface area contributed by atoms with Crippen LogP contribution < -0.4 is 26.6 Å². The average molecular weight is 788 g/mol. The maximum atomic E-state index is 14.4. The normalized spacial score (nSPS) is 22.3. The molecular weight excluding hydrogens is 743 g/mol. The van der Waals surface area contributed by atoms with Crippen molar-refractivity contribution in [2.75, 3.05) is 5.32 Å². The first kappa shape index (κ1) is 40.5. The summed E-state index contributed by atoms with van der Waals surface area (Å²) < 4.78 is 0. The number of benzene rings is 4. The van der Waals surface area contributed by atoms with Crippen LogP contribution in [-0.2, 0) is 48.0 Å². The van der Waals surface area contributed by atoms with Crippen LogP contribution in [0, 0.1) is 0 Å². The number of aliphatic carboxylic acids is 1. The molecule has 4 aromatic rings. The van der Waals surface area contributed by atoms with E-state index in [-0.39, 0.29) is 43.8 Å². The Balaban J connectivity index is 1.33. The first-order chi connectivity index (χ1) is 27.6. The van der Waals surface area contributed by atoms with Crippen molar-refractivity contribution in [3.63, 3.8) is 0 Å². The summed E-state index contributed by atoms with van der Waals surface area (Å²) in [6.45, 7) is 0. The lowest BCUT2D eigenvalue weighted by Crippen LogP contribution is -2.59. The largest absolute Gasteiger partial charge is 0.480 e. The Morgan fingerprint density at radius 1 is 0.614 bits per heavy atom. The SMILES string of the molecule is O=C1CCC(=O)N[C@@H](CC2CC=CS2)C(=O)N[C@@H](Cc2ccc(-c3ccccc3)cc2)C(=O)N[C@H](Cc2ccccc2)C(=O)N[C@@H](C(=O)O)Cc2ccc(cc2)N1. The number of rotatable bonds is 8. The minimum atomic E-state index is -1.35. The molecule has 6 N–H and O–H groups in total. The van der Waals surface area contributed by atoms with Gasteiger partial charge in [-0.2, -0.15) is 0 Å². The van der Waals surface area contributed by atoms with Gasteiger partial charge < -0.3 is 31.7 Å². The lowest BCUT2D eigenvalue weighted by Gasteiger charge is -2.27. The predicted octanol–water partition coefficient (Wildman–Crippen LogP) is 4.55. The summed E-state index contributed by atoms with van der Waals surface area (Å²) in [5, 5.41) is 25.9. The maximum absolute atomic E-state index is 14.4. The van der Waals surface area contributed by atoms with E-state index >= 15 is 0 Å². The predicted molar refractivity (Wildman–Crippen MR) is 219 cm³/mol. The molecule has 3 heterocycles. The minimum Gasteiger partial charge on any atom is -0.480 e. The second kappa shape index (κ2) is 19.6. The summed E-state index contributed by atoms with van der Waals surface area (Å²) in [7, 11) is 0. The van der Waals surface area contributed by atoms with Crippen LogP contribution in [0.15, 0.2) is 121 Å². The van der Waals surface area contributed by atoms with Gasteiger partial charge in [-0.3, -0.25) is 24.0 Å². The van der Waals surface area contributed by atoms with E-state index in [1.807, 2.05) is 72.1 Å². The topological polar surface area (TPSA) is 183 Å². The standard InChI is InChI=1S/C44H45N5O7S/c50-39-21-22-40(51)46-37(27-34-12-7-23-57-34)43(54)48-36(25-29-13-17-32(18-14-29)31-10-5-2-6-11-31)41(52)47-35(24-28-8-3-1-4-9-28)42(53)49-38(44(55)56)26-30-15-19-33(45-39)20-16-30/h1-11,13-20,23,34-38H,12,21-22,24-27H2,(H,45,50)(H,46,51)(H,47,52)(H,48,54)(H,49,53)(H,55,56)/t34?,35-,36+,37+,38-/m1/s1. The third kappa shape index (κ3) is 11.9. The van der Waals surface area contributed by atoms with E-state index in [9.17, 15) is 33.9 Å². The third-order valence-corrected chi connectivity index (χ3v) is 11.0. The molecule has 5 amide bonds. The number of thioether (sulfide) groups is 1. The summed E-state index contributed by atoms with van der Waals surface area (Å²) in [6.07, 6.45) is 2.62. The zero-order chi connectivity index (χ0) is 40.1. The number of carbonyl (C=O) groups excluding carboxylic acids is 5. The number of carbonyl (C=O) groups is 6. The van der Waals surface area contributed by atoms with Crippen LogP contribution in [0.2, 0.25) is 0 Å². The van der Waals surface area contributed by atoms with E-state index in [0.717, 1.165) is 22.3 Å². The van der Waals surface area contributed by atoms with Crippen molar-refractivity contribution in [3.05, 3.63) is 137 Å². The smallest absolute Gasteiger partial charge is 0.326 e. The molecule has 0 saturated heterocycles. The van der Waals surface area contributed by atoms with Crippen LogP contribution >= 0.6 is 11.8 Å². The number of carboxylic acid groups (broad SMARTS) is 1. The van der Waals surface area contributed by atoms with Gasteiger partial charge in [0.05, 0.1) is 0 Å². The number of nitrogens with one attached hydrogen (secondary N) is 5. The Morgan fingerprint density at radius 3 is 1.79 bits per heavy atom. The fraction of sp³-hybridized carbons (Fsp3) is 0.273. The zero-order valence-corrected chi connectivity index (χ0v) is 32.0. The molecule has 4 aromatic carbocycles. The Morgan fingerprint density at radius 2 is 1.18 bits per heavy atom. The Labute approximate surface area is 335 Å². The van der Waals surface area contributed by atoms with Gasteiger partial charge >= 0.3 is 5.97 Å². The second-order valence-corrected chi connectivity index (χ2v) is 15.4. The highest BCUT2D eigenvalue weighted by Crippen LogP contribution is 2.28. The fourth-order valence-electron chi connectivity index (χ4n) is 6.74. The van der Waals surface area contributed by atoms with Crippen molar-refractivity contribution in [2.45, 2.75) is 74.4 Å². The first-order valence-corrected chi connectivity index (χ1v) is 19.8. The number of hydrogen-bond donors (Lipinski definition) is 6. The van der Waals surface area contributed by atoms with E-state index in [1.54, 1.807) is 60.3 Å². The number of fused-ring (bicyclic) bond motifs is 18. The van der Waals surface area contributed by atoms with E-state index < -0.39 is 59.7 Å². The molecule has 13 heteroatoms. The van der Waals surface area contributed by atoms with Crippen LogP contribution in [0.3, 0.4) is 0 Å². The van der Waals surface area contributed by atoms with Gasteiger partial charge in [0, 0.05) is 43.0 Å². The molecule has 0 spiro atoms. The van der Waals surface area contributed by atoms with Gasteiger partial charge in [0.15, 0.2) is 0 Å². The molecule has 12 nitrogen and oxygen atoms in total. The second-order valence-electron chi connectivity index (χ2n) is 14.1. The van der Waals surface area contributed by atoms with Gasteiger partial charge in [-0.05, 0) is 58.2 Å². The quantitative estimate of drug-likeness (QED) is 0.141. The summed E-state index contributed by atoms with van der Waals surface area (Å²) in [5.41, 5.74) is 4.44. The van der Waals surface area contributed by atoms with E-state index in [2.05, 4.69) is 26.6 Å². The van der Waals surface area contributed by atoms with E-state index in [1.165, 1.54) is 0 Å². The summed E-state index contributed by atoms with van der Waals surface area (Å²) in [5.74, 6) is -4.18. The summed E-state index contributed by atoms with van der Waals surface area (Å²) >= 11 is 1.54. The molecule has 0 aliphatic carbocycles. The van der Waals surface area contributed by atoms with E-state index in [0.29, 0.717) is 17.7 Å². The summed E-state index contributed by atoms with van der Waals surface area (Å²) in [6, 6.07) is 28.1. The van der Waals surface area contributed by atoms with Crippen LogP contribution in [0.25, 0.3) is 11.1 Å². The number of amides is 5. The van der Waals surface area contributed by atoms with Crippen molar-refractivity contribution in [3.8, 4) is 11.1 Å². The molecule has 0 aromatic heterocycles. The number of anilines is 1. The molecule has 57 heavy (non-hydrogen) atoms. The van der Waals surface area contributed by atoms with Crippen LogP contribution in [0.5, 0.6) is 0 Å². The lowest BCUT2D eigenvalue weighted by molar-refractivity contribution is -0.142. The molecule has 294 valence electrons. The number of carboxylic acids is 1. The zero-order valence-electron chi connectivity index (χ0n) is 31.2. The van der Waals surface area contributed by atoms with Crippen molar-refractivity contribution >= 4 is 53.0 Å². The van der Waals surface area contributed by atoms with E-state index in [4.69, 9.17) is 0 Å². The Hall–Kier alpha value is -6.21. The molecule has 2 bridgehead atoms. The van der Waals surface area contributed by atoms with Gasteiger partial charge in [-0.15, -0.1) is 11.8 Å². The van der Waals surface area contributed by atoms with Gasteiger partial charge in [0.2, 0.25) is 29.5 Å². The monoisotopic (exact) mass is 787 g/mol. The highest BCUT2D eigenvalue weighted by molar-refractivity contribution is 8.03. The van der Waals surface area contributed by atoms with Crippen molar-refractivity contribution in [1.29, 1.82) is 0 Å². The fourth-order valence-corrected chi connectivity index (χ4v) is 7.71. The summed E-state index contributed by atoms with van der Waals surface area (Å²) in [4.78, 5) is 81.1. The number of allylic oxidation sites excluding steroid dienone is 1. The molecule has 3 aliphatic rings. The third-order valence-electron chi connectivity index (χ3n) is 9.84. The highest BCUT2D eigenvalue weighted by atomic mass is 32.2. The van der Waals surface area contributed by atoms with Crippen LogP contribution in [-0.4, -0.2) is 70.0 Å². The molecule has 0 saturated carbocycles. The molecular formula is C44H45N5O7S. The maximum Gasteiger partial charge on any atom is 0.326 e. The minimum absolute atomic E-state index is 0.000681. The lowest BCUT2D eigenvalue weighted by atomic mass is 9.99. The average Bonchev–Trinajstić information content (AvgIpc) is 3.73. The molecule has 7 rings (SSSR count). The van der Waals surface area contributed by atoms with Gasteiger partial charge in [-0.1, -0.05) is 103 Å². The molecule has 0 radical (unpaired) electrons. The van der Waals surface area contributed by atoms with Gasteiger partial charge in [-0.25, -0.2) is 4.79 Å². The van der Waals surface area contributed by atoms with Crippen LogP contribution in [0.4, 0.5) is 5.69 Å². The Kier molecular flexibility index (Phi) is 13.9. The Bertz CT molecular complexity index is 2070. The molecule has 3 aliphatic heterocycles.